The van der Waals surface area contributed by atoms with E-state index in [0.29, 0.717) is 17.8 Å². The molecule has 0 bridgehead atoms. The third-order valence-electron chi connectivity index (χ3n) is 4.16. The van der Waals surface area contributed by atoms with Crippen molar-refractivity contribution in [1.82, 2.24) is 20.9 Å². The lowest BCUT2D eigenvalue weighted by Crippen LogP contribution is -2.51. The molecule has 0 radical (unpaired) electrons. The number of likely N-dealkylation sites (tertiary alicyclic amines) is 1. The number of nitrogens with one attached hydrogen (secondary N) is 3. The summed E-state index contributed by atoms with van der Waals surface area (Å²) < 4.78 is 0. The third kappa shape index (κ3) is 5.73. The van der Waals surface area contributed by atoms with E-state index in [4.69, 9.17) is 0 Å². The summed E-state index contributed by atoms with van der Waals surface area (Å²) in [6.07, 6.45) is 3.95. The van der Waals surface area contributed by atoms with E-state index in [1.165, 1.54) is 0 Å². The minimum absolute atomic E-state index is 0.0483. The molecule has 3 N–H and O–H groups in total. The van der Waals surface area contributed by atoms with E-state index in [9.17, 15) is 9.59 Å². The van der Waals surface area contributed by atoms with Crippen LogP contribution in [-0.2, 0) is 9.59 Å². The summed E-state index contributed by atoms with van der Waals surface area (Å²) in [6.45, 7) is 5.68. The Kier molecular flexibility index (Phi) is 6.24. The van der Waals surface area contributed by atoms with E-state index in [0.717, 1.165) is 38.8 Å². The zero-order valence-electron chi connectivity index (χ0n) is 14.4. The van der Waals surface area contributed by atoms with Crippen LogP contribution < -0.4 is 16.0 Å². The molecule has 0 spiro atoms. The number of piperidine rings is 1. The van der Waals surface area contributed by atoms with E-state index in [1.54, 1.807) is 7.05 Å². The van der Waals surface area contributed by atoms with Gasteiger partial charge >= 0.3 is 0 Å². The first-order valence-corrected chi connectivity index (χ1v) is 8.55. The molecule has 0 aromatic rings. The van der Waals surface area contributed by atoms with Gasteiger partial charge in [-0.3, -0.25) is 14.6 Å². The molecule has 0 atom stereocenters. The van der Waals surface area contributed by atoms with Crippen molar-refractivity contribution >= 4 is 17.8 Å². The smallest absolute Gasteiger partial charge is 0.239 e. The highest BCUT2D eigenvalue weighted by Crippen LogP contribution is 2.31. The van der Waals surface area contributed by atoms with Gasteiger partial charge in [-0.15, -0.1) is 0 Å². The minimum atomic E-state index is -0.0483. The molecule has 23 heavy (non-hydrogen) atoms. The number of guanidine groups is 1. The van der Waals surface area contributed by atoms with Gasteiger partial charge in [0.2, 0.25) is 11.8 Å². The number of rotatable bonds is 5. The van der Waals surface area contributed by atoms with Crippen molar-refractivity contribution in [2.75, 3.05) is 26.7 Å². The first kappa shape index (κ1) is 17.6. The molecule has 1 heterocycles. The van der Waals surface area contributed by atoms with Gasteiger partial charge in [0.15, 0.2) is 5.96 Å². The van der Waals surface area contributed by atoms with E-state index in [-0.39, 0.29) is 24.5 Å². The van der Waals surface area contributed by atoms with Crippen LogP contribution in [0.25, 0.3) is 0 Å². The fraction of sp³-hybridized carbons (Fsp3) is 0.812. The van der Waals surface area contributed by atoms with Crippen molar-refractivity contribution < 1.29 is 9.59 Å². The quantitative estimate of drug-likeness (QED) is 0.494. The average molecular weight is 323 g/mol. The predicted octanol–water partition coefficient (Wildman–Crippen LogP) is 0.0770. The highest BCUT2D eigenvalue weighted by atomic mass is 16.2. The van der Waals surface area contributed by atoms with Crippen LogP contribution in [-0.4, -0.2) is 61.4 Å². The normalized spacial score (nSPS) is 19.7. The first-order valence-electron chi connectivity index (χ1n) is 8.55. The Morgan fingerprint density at radius 2 is 1.83 bits per heavy atom. The lowest BCUT2D eigenvalue weighted by atomic mass is 10.0. The van der Waals surface area contributed by atoms with Gasteiger partial charge in [-0.25, -0.2) is 0 Å². The van der Waals surface area contributed by atoms with Crippen LogP contribution in [0, 0.1) is 5.92 Å². The maximum absolute atomic E-state index is 12.0. The molecule has 0 aromatic carbocycles. The topological polar surface area (TPSA) is 85.8 Å². The molecule has 0 unspecified atom stereocenters. The summed E-state index contributed by atoms with van der Waals surface area (Å²) in [5.41, 5.74) is 0. The van der Waals surface area contributed by atoms with Gasteiger partial charge in [0.25, 0.3) is 0 Å². The Labute approximate surface area is 138 Å². The van der Waals surface area contributed by atoms with Gasteiger partial charge in [-0.2, -0.15) is 0 Å². The highest BCUT2D eigenvalue weighted by molar-refractivity contribution is 5.86. The first-order chi connectivity index (χ1) is 11.0. The van der Waals surface area contributed by atoms with Gasteiger partial charge in [-0.1, -0.05) is 0 Å². The summed E-state index contributed by atoms with van der Waals surface area (Å²) in [6, 6.07) is 0.421. The average Bonchev–Trinajstić information content (AvgIpc) is 3.35. The predicted molar refractivity (Wildman–Crippen MR) is 90.1 cm³/mol. The van der Waals surface area contributed by atoms with Crippen LogP contribution in [0.1, 0.15) is 39.5 Å². The number of carbonyl (C=O) groups is 2. The number of hydrogen-bond donors (Lipinski definition) is 3. The molecule has 2 rings (SSSR count). The molecule has 7 nitrogen and oxygen atoms in total. The number of carbonyl (C=O) groups excluding carboxylic acids is 2. The molecule has 2 fully saturated rings. The van der Waals surface area contributed by atoms with Crippen molar-refractivity contribution in [3.8, 4) is 0 Å². The van der Waals surface area contributed by atoms with E-state index < -0.39 is 0 Å². The van der Waals surface area contributed by atoms with Crippen molar-refractivity contribution in [2.45, 2.75) is 51.6 Å². The van der Waals surface area contributed by atoms with Gasteiger partial charge in [0.1, 0.15) is 0 Å². The van der Waals surface area contributed by atoms with E-state index >= 15 is 0 Å². The van der Waals surface area contributed by atoms with Crippen LogP contribution >= 0.6 is 0 Å². The Balaban J connectivity index is 1.69. The van der Waals surface area contributed by atoms with Gasteiger partial charge in [0.05, 0.1) is 6.54 Å². The van der Waals surface area contributed by atoms with Gasteiger partial charge < -0.3 is 20.9 Å². The molecular weight excluding hydrogens is 294 g/mol. The molecule has 2 aliphatic rings. The van der Waals surface area contributed by atoms with Crippen molar-refractivity contribution in [1.29, 1.82) is 0 Å². The molecule has 1 aliphatic heterocycles. The molecule has 1 saturated heterocycles. The summed E-state index contributed by atoms with van der Waals surface area (Å²) in [4.78, 5) is 29.8. The molecule has 2 amide bonds. The van der Waals surface area contributed by atoms with Crippen LogP contribution in [0.2, 0.25) is 0 Å². The number of hydrogen-bond acceptors (Lipinski definition) is 3. The Morgan fingerprint density at radius 3 is 2.35 bits per heavy atom. The van der Waals surface area contributed by atoms with E-state index in [1.807, 2.05) is 18.7 Å². The van der Waals surface area contributed by atoms with Gasteiger partial charge in [-0.05, 0) is 39.5 Å². The molecular formula is C16H29N5O2. The van der Waals surface area contributed by atoms with E-state index in [2.05, 4.69) is 20.9 Å². The van der Waals surface area contributed by atoms with Gasteiger partial charge in [0, 0.05) is 38.1 Å². The van der Waals surface area contributed by atoms with Crippen LogP contribution in [0.4, 0.5) is 0 Å². The van der Waals surface area contributed by atoms with Crippen LogP contribution in [0.5, 0.6) is 0 Å². The third-order valence-corrected chi connectivity index (χ3v) is 4.16. The molecule has 1 saturated carbocycles. The SMILES string of the molecule is CN=C(NCC(=O)NC(C)C)NC1CCN(C(=O)C2CC2)CC1. The maximum atomic E-state index is 12.0. The fourth-order valence-corrected chi connectivity index (χ4v) is 2.76. The summed E-state index contributed by atoms with van der Waals surface area (Å²) in [5.74, 6) is 1.22. The summed E-state index contributed by atoms with van der Waals surface area (Å²) in [5, 5.41) is 9.20. The lowest BCUT2D eigenvalue weighted by Gasteiger charge is -2.33. The molecule has 130 valence electrons. The molecule has 7 heteroatoms. The summed E-state index contributed by atoms with van der Waals surface area (Å²) in [7, 11) is 1.70. The maximum Gasteiger partial charge on any atom is 0.239 e. The zero-order chi connectivity index (χ0) is 16.8. The van der Waals surface area contributed by atoms with Crippen molar-refractivity contribution in [3.05, 3.63) is 0 Å². The number of nitrogens with zero attached hydrogens (tertiary/aromatic N) is 2. The Hall–Kier alpha value is -1.79. The highest BCUT2D eigenvalue weighted by Gasteiger charge is 2.34. The fourth-order valence-electron chi connectivity index (χ4n) is 2.76. The van der Waals surface area contributed by atoms with Crippen LogP contribution in [0.3, 0.4) is 0 Å². The second-order valence-electron chi connectivity index (χ2n) is 6.67. The molecule has 0 aromatic heterocycles. The Morgan fingerprint density at radius 1 is 1.17 bits per heavy atom. The second-order valence-corrected chi connectivity index (χ2v) is 6.67. The minimum Gasteiger partial charge on any atom is -0.354 e. The standard InChI is InChI=1S/C16H29N5O2/c1-11(2)19-14(22)10-18-16(17-3)20-13-6-8-21(9-7-13)15(23)12-4-5-12/h11-13H,4-10H2,1-3H3,(H,19,22)(H2,17,18,20). The number of aliphatic imine (C=N–C) groups is 1. The number of amides is 2. The summed E-state index contributed by atoms with van der Waals surface area (Å²) >= 11 is 0. The largest absolute Gasteiger partial charge is 0.354 e. The monoisotopic (exact) mass is 323 g/mol. The molecule has 1 aliphatic carbocycles. The van der Waals surface area contributed by atoms with Crippen molar-refractivity contribution in [2.24, 2.45) is 10.9 Å². The Bertz CT molecular complexity index is 451. The van der Waals surface area contributed by atoms with Crippen LogP contribution in [0.15, 0.2) is 4.99 Å². The second kappa shape index (κ2) is 8.17. The lowest BCUT2D eigenvalue weighted by molar-refractivity contribution is -0.133. The zero-order valence-corrected chi connectivity index (χ0v) is 14.4. The van der Waals surface area contributed by atoms with Crippen molar-refractivity contribution in [3.63, 3.8) is 0 Å².